The van der Waals surface area contributed by atoms with Crippen LogP contribution < -0.4 is 16.4 Å². The number of nitrogens with one attached hydrogen (secondary N) is 2. The third kappa shape index (κ3) is 5.29. The maximum absolute atomic E-state index is 13.4. The first kappa shape index (κ1) is 25.1. The van der Waals surface area contributed by atoms with Crippen LogP contribution in [0.25, 0.3) is 0 Å². The average Bonchev–Trinajstić information content (AvgIpc) is 2.85. The van der Waals surface area contributed by atoms with E-state index in [4.69, 9.17) is 5.73 Å². The van der Waals surface area contributed by atoms with Crippen molar-refractivity contribution in [2.24, 2.45) is 5.73 Å². The van der Waals surface area contributed by atoms with Crippen LogP contribution in [0.2, 0.25) is 0 Å². The van der Waals surface area contributed by atoms with Crippen molar-refractivity contribution in [3.63, 3.8) is 0 Å². The number of amides is 4. The number of nitrogens with two attached hydrogens (primary N) is 1. The number of urea groups is 1. The van der Waals surface area contributed by atoms with Crippen LogP contribution in [-0.2, 0) is 22.6 Å². The first-order valence-electron chi connectivity index (χ1n) is 11.6. The van der Waals surface area contributed by atoms with Crippen LogP contribution in [0.15, 0.2) is 60.2 Å². The molecule has 0 saturated heterocycles. The summed E-state index contributed by atoms with van der Waals surface area (Å²) < 4.78 is 0. The quantitative estimate of drug-likeness (QED) is 0.389. The van der Waals surface area contributed by atoms with Gasteiger partial charge in [-0.25, -0.2) is 4.79 Å². The number of Topliss-reactive ketones (excluding diaryl/α,β-unsaturated/α-hetero) is 1. The Balaban J connectivity index is 1.51. The molecule has 4 amide bonds. The summed E-state index contributed by atoms with van der Waals surface area (Å²) in [5, 5.41) is 26.0. The fourth-order valence-electron chi connectivity index (χ4n) is 4.54. The van der Waals surface area contributed by atoms with Crippen molar-refractivity contribution in [2.75, 3.05) is 5.32 Å². The molecule has 188 valence electrons. The normalized spacial score (nSPS) is 23.2. The number of hydrogen-bond acceptors (Lipinski definition) is 6. The van der Waals surface area contributed by atoms with E-state index in [1.54, 1.807) is 24.3 Å². The van der Waals surface area contributed by atoms with Gasteiger partial charge in [-0.2, -0.15) is 0 Å². The summed E-state index contributed by atoms with van der Waals surface area (Å²) in [4.78, 5) is 50.9. The topological polar surface area (TPSA) is 162 Å². The summed E-state index contributed by atoms with van der Waals surface area (Å²) in [5.74, 6) is -1.24. The number of fused-ring (bicyclic) bond motifs is 1. The van der Waals surface area contributed by atoms with Crippen LogP contribution in [-0.4, -0.2) is 63.0 Å². The van der Waals surface area contributed by atoms with E-state index in [1.807, 2.05) is 24.3 Å². The second-order valence-corrected chi connectivity index (χ2v) is 9.04. The van der Waals surface area contributed by atoms with Gasteiger partial charge in [-0.15, -0.1) is 0 Å². The van der Waals surface area contributed by atoms with E-state index in [9.17, 15) is 29.4 Å². The van der Waals surface area contributed by atoms with Crippen LogP contribution in [0.5, 0.6) is 0 Å². The first-order valence-corrected chi connectivity index (χ1v) is 11.6. The lowest BCUT2D eigenvalue weighted by molar-refractivity contribution is -0.138. The highest BCUT2D eigenvalue weighted by Gasteiger charge is 2.39. The van der Waals surface area contributed by atoms with Gasteiger partial charge in [0.1, 0.15) is 12.1 Å². The number of rotatable bonds is 5. The van der Waals surface area contributed by atoms with Gasteiger partial charge in [0, 0.05) is 36.2 Å². The summed E-state index contributed by atoms with van der Waals surface area (Å²) in [6.07, 6.45) is -1.12. The number of ketones is 1. The number of anilines is 1. The monoisotopic (exact) mass is 492 g/mol. The second-order valence-electron chi connectivity index (χ2n) is 9.04. The van der Waals surface area contributed by atoms with Crippen molar-refractivity contribution in [3.05, 3.63) is 76.9 Å². The summed E-state index contributed by atoms with van der Waals surface area (Å²) in [6.45, 7) is 1.61. The molecular formula is C26H28N4O6. The molecule has 0 saturated carbocycles. The molecule has 6 N–H and O–H groups in total. The van der Waals surface area contributed by atoms with Crippen molar-refractivity contribution < 1.29 is 29.4 Å². The summed E-state index contributed by atoms with van der Waals surface area (Å²) in [7, 11) is 0. The molecule has 2 aliphatic rings. The first-order chi connectivity index (χ1) is 17.1. The third-order valence-electron chi connectivity index (χ3n) is 6.53. The SMILES string of the molecule is CC(=O)c1ccc(NC(=O)NC2C=C(C(=O)N3Cc4ccccc4CC3C(N)=O)CC(O)C2O)cc1. The Hall–Kier alpha value is -4.02. The van der Waals surface area contributed by atoms with Gasteiger partial charge in [0.2, 0.25) is 5.91 Å². The van der Waals surface area contributed by atoms with Gasteiger partial charge in [-0.3, -0.25) is 14.4 Å². The zero-order chi connectivity index (χ0) is 26.0. The molecule has 4 atom stereocenters. The second kappa shape index (κ2) is 10.3. The zero-order valence-corrected chi connectivity index (χ0v) is 19.7. The molecule has 10 heteroatoms. The van der Waals surface area contributed by atoms with Crippen LogP contribution >= 0.6 is 0 Å². The van der Waals surface area contributed by atoms with Crippen molar-refractivity contribution in [1.82, 2.24) is 10.2 Å². The molecule has 0 fully saturated rings. The molecule has 0 aromatic heterocycles. The Kier molecular flexibility index (Phi) is 7.18. The van der Waals surface area contributed by atoms with E-state index in [2.05, 4.69) is 10.6 Å². The van der Waals surface area contributed by atoms with Crippen LogP contribution in [0.3, 0.4) is 0 Å². The van der Waals surface area contributed by atoms with E-state index in [0.29, 0.717) is 11.3 Å². The van der Waals surface area contributed by atoms with Gasteiger partial charge in [-0.05, 0) is 42.3 Å². The van der Waals surface area contributed by atoms with E-state index in [0.717, 1.165) is 11.1 Å². The van der Waals surface area contributed by atoms with E-state index < -0.39 is 42.1 Å². The van der Waals surface area contributed by atoms with Crippen molar-refractivity contribution >= 4 is 29.3 Å². The molecule has 10 nitrogen and oxygen atoms in total. The summed E-state index contributed by atoms with van der Waals surface area (Å²) >= 11 is 0. The Labute approximate surface area is 207 Å². The zero-order valence-electron chi connectivity index (χ0n) is 19.7. The lowest BCUT2D eigenvalue weighted by atomic mass is 9.88. The van der Waals surface area contributed by atoms with Crippen molar-refractivity contribution in [2.45, 2.75) is 50.6 Å². The highest BCUT2D eigenvalue weighted by molar-refractivity contribution is 5.98. The lowest BCUT2D eigenvalue weighted by Crippen LogP contribution is -2.54. The largest absolute Gasteiger partial charge is 0.390 e. The average molecular weight is 493 g/mol. The Morgan fingerprint density at radius 2 is 1.64 bits per heavy atom. The molecule has 1 heterocycles. The summed E-state index contributed by atoms with van der Waals surface area (Å²) in [6, 6.07) is 11.1. The number of nitrogens with zero attached hydrogens (tertiary/aromatic N) is 1. The van der Waals surface area contributed by atoms with Gasteiger partial charge in [0.15, 0.2) is 5.78 Å². The summed E-state index contributed by atoms with van der Waals surface area (Å²) in [5.41, 5.74) is 8.50. The predicted molar refractivity (Wildman–Crippen MR) is 131 cm³/mol. The minimum Gasteiger partial charge on any atom is -0.390 e. The maximum Gasteiger partial charge on any atom is 0.319 e. The van der Waals surface area contributed by atoms with Gasteiger partial charge >= 0.3 is 6.03 Å². The van der Waals surface area contributed by atoms with Crippen LogP contribution in [0, 0.1) is 0 Å². The number of hydrogen-bond donors (Lipinski definition) is 5. The van der Waals surface area contributed by atoms with Gasteiger partial charge in [0.05, 0.1) is 12.1 Å². The van der Waals surface area contributed by atoms with Crippen LogP contribution in [0.4, 0.5) is 10.5 Å². The highest BCUT2D eigenvalue weighted by Crippen LogP contribution is 2.28. The molecule has 0 radical (unpaired) electrons. The molecule has 2 aromatic rings. The number of primary amides is 1. The van der Waals surface area contributed by atoms with Crippen molar-refractivity contribution in [3.8, 4) is 0 Å². The Morgan fingerprint density at radius 1 is 0.972 bits per heavy atom. The Morgan fingerprint density at radius 3 is 2.28 bits per heavy atom. The van der Waals surface area contributed by atoms with Crippen LogP contribution in [0.1, 0.15) is 34.8 Å². The molecule has 0 spiro atoms. The minimum absolute atomic E-state index is 0.108. The predicted octanol–water partition coefficient (Wildman–Crippen LogP) is 0.870. The van der Waals surface area contributed by atoms with Gasteiger partial charge in [-0.1, -0.05) is 30.3 Å². The smallest absolute Gasteiger partial charge is 0.319 e. The number of aliphatic hydroxyl groups excluding tert-OH is 2. The Bertz CT molecular complexity index is 1230. The molecular weight excluding hydrogens is 464 g/mol. The van der Waals surface area contributed by atoms with E-state index >= 15 is 0 Å². The molecule has 4 unspecified atom stereocenters. The molecule has 1 aliphatic heterocycles. The number of aliphatic hydroxyl groups is 2. The standard InChI is InChI=1S/C26H28N4O6/c1-14(31)15-6-8-19(9-7-15)28-26(36)29-20-10-18(12-22(32)23(20)33)25(35)30-13-17-5-3-2-4-16(17)11-21(30)24(27)34/h2-10,20-23,32-33H,11-13H2,1H3,(H2,27,34)(H2,28,29,36). The fourth-order valence-corrected chi connectivity index (χ4v) is 4.54. The molecule has 36 heavy (non-hydrogen) atoms. The van der Waals surface area contributed by atoms with Crippen molar-refractivity contribution in [1.29, 1.82) is 0 Å². The van der Waals surface area contributed by atoms with Gasteiger partial charge < -0.3 is 31.5 Å². The van der Waals surface area contributed by atoms with E-state index in [-0.39, 0.29) is 30.7 Å². The van der Waals surface area contributed by atoms with E-state index in [1.165, 1.54) is 17.9 Å². The highest BCUT2D eigenvalue weighted by atomic mass is 16.3. The molecule has 0 bridgehead atoms. The molecule has 1 aliphatic carbocycles. The number of carbonyl (C=O) groups excluding carboxylic acids is 4. The maximum atomic E-state index is 13.4. The third-order valence-corrected chi connectivity index (χ3v) is 6.53. The number of benzene rings is 2. The van der Waals surface area contributed by atoms with Gasteiger partial charge in [0.25, 0.3) is 5.91 Å². The molecule has 4 rings (SSSR count). The number of carbonyl (C=O) groups is 4. The molecule has 2 aromatic carbocycles. The fraction of sp³-hybridized carbons (Fsp3) is 0.308. The minimum atomic E-state index is -1.35. The lowest BCUT2D eigenvalue weighted by Gasteiger charge is -2.38.